The summed E-state index contributed by atoms with van der Waals surface area (Å²) in [5.41, 5.74) is 2.77. The van der Waals surface area contributed by atoms with Gasteiger partial charge >= 0.3 is 0 Å². The number of hydrogen-bond donors (Lipinski definition) is 0. The van der Waals surface area contributed by atoms with Crippen molar-refractivity contribution < 1.29 is 4.79 Å². The summed E-state index contributed by atoms with van der Waals surface area (Å²) in [7, 11) is 0. The van der Waals surface area contributed by atoms with E-state index >= 15 is 0 Å². The van der Waals surface area contributed by atoms with Gasteiger partial charge in [0.2, 0.25) is 11.1 Å². The number of anilines is 2. The zero-order valence-electron chi connectivity index (χ0n) is 17.0. The largest absolute Gasteiger partial charge is 0.274 e. The SMILES string of the molecule is CC(=O)N(c1ccccc1)c1nc(CSc2nc(C3CC3)n(-c3ccccc3)n2)cs1. The molecule has 156 valence electrons. The van der Waals surface area contributed by atoms with Crippen LogP contribution in [0.2, 0.25) is 0 Å². The number of hydrogen-bond acceptors (Lipinski definition) is 6. The summed E-state index contributed by atoms with van der Waals surface area (Å²) in [6.45, 7) is 1.56. The number of nitrogens with zero attached hydrogens (tertiary/aromatic N) is 5. The summed E-state index contributed by atoms with van der Waals surface area (Å²) in [4.78, 5) is 23.4. The lowest BCUT2D eigenvalue weighted by Crippen LogP contribution is -2.22. The second-order valence-electron chi connectivity index (χ2n) is 7.37. The molecule has 2 aromatic carbocycles. The van der Waals surface area contributed by atoms with Crippen LogP contribution in [-0.4, -0.2) is 25.7 Å². The number of rotatable bonds is 7. The number of amides is 1. The van der Waals surface area contributed by atoms with Crippen molar-refractivity contribution in [2.24, 2.45) is 0 Å². The minimum Gasteiger partial charge on any atom is -0.274 e. The molecule has 0 saturated heterocycles. The van der Waals surface area contributed by atoms with Crippen LogP contribution in [0.15, 0.2) is 71.2 Å². The average molecular weight is 448 g/mol. The lowest BCUT2D eigenvalue weighted by Gasteiger charge is -2.17. The molecule has 5 rings (SSSR count). The molecule has 1 saturated carbocycles. The topological polar surface area (TPSA) is 63.9 Å². The quantitative estimate of drug-likeness (QED) is 0.346. The van der Waals surface area contributed by atoms with Gasteiger partial charge in [0, 0.05) is 24.0 Å². The third-order valence-corrected chi connectivity index (χ3v) is 6.71. The average Bonchev–Trinajstić information content (AvgIpc) is 3.38. The highest BCUT2D eigenvalue weighted by Crippen LogP contribution is 2.40. The first-order chi connectivity index (χ1) is 15.2. The highest BCUT2D eigenvalue weighted by atomic mass is 32.2. The van der Waals surface area contributed by atoms with E-state index in [1.54, 1.807) is 23.6 Å². The number of para-hydroxylation sites is 2. The van der Waals surface area contributed by atoms with Crippen molar-refractivity contribution in [1.82, 2.24) is 19.7 Å². The monoisotopic (exact) mass is 447 g/mol. The molecular weight excluding hydrogens is 426 g/mol. The maximum absolute atomic E-state index is 12.2. The fraction of sp³-hybridized carbons (Fsp3) is 0.217. The summed E-state index contributed by atoms with van der Waals surface area (Å²) >= 11 is 3.05. The molecule has 1 fully saturated rings. The predicted molar refractivity (Wildman–Crippen MR) is 124 cm³/mol. The molecule has 1 amide bonds. The van der Waals surface area contributed by atoms with E-state index in [1.165, 1.54) is 24.2 Å². The molecule has 0 spiro atoms. The number of thioether (sulfide) groups is 1. The van der Waals surface area contributed by atoms with Gasteiger partial charge in [-0.1, -0.05) is 48.2 Å². The molecule has 2 aromatic heterocycles. The van der Waals surface area contributed by atoms with Crippen LogP contribution in [0.4, 0.5) is 10.8 Å². The Morgan fingerprint density at radius 1 is 1.10 bits per heavy atom. The van der Waals surface area contributed by atoms with Gasteiger partial charge in [-0.15, -0.1) is 16.4 Å². The molecule has 2 heterocycles. The van der Waals surface area contributed by atoms with Gasteiger partial charge in [-0.3, -0.25) is 9.69 Å². The number of aromatic nitrogens is 4. The van der Waals surface area contributed by atoms with Crippen molar-refractivity contribution in [3.8, 4) is 5.69 Å². The van der Waals surface area contributed by atoms with E-state index in [0.29, 0.717) is 16.8 Å². The van der Waals surface area contributed by atoms with Crippen LogP contribution in [0.3, 0.4) is 0 Å². The Bertz CT molecular complexity index is 1190. The van der Waals surface area contributed by atoms with Crippen LogP contribution in [0.1, 0.15) is 37.2 Å². The molecule has 0 unspecified atom stereocenters. The van der Waals surface area contributed by atoms with Gasteiger partial charge in [-0.25, -0.2) is 14.6 Å². The molecule has 8 heteroatoms. The van der Waals surface area contributed by atoms with Gasteiger partial charge in [0.1, 0.15) is 5.82 Å². The van der Waals surface area contributed by atoms with E-state index in [0.717, 1.165) is 28.0 Å². The molecular formula is C23H21N5OS2. The minimum absolute atomic E-state index is 0.0582. The molecule has 0 radical (unpaired) electrons. The molecule has 0 N–H and O–H groups in total. The Labute approximate surface area is 189 Å². The van der Waals surface area contributed by atoms with Crippen molar-refractivity contribution in [1.29, 1.82) is 0 Å². The van der Waals surface area contributed by atoms with Crippen LogP contribution in [-0.2, 0) is 10.5 Å². The number of benzene rings is 2. The van der Waals surface area contributed by atoms with Crippen molar-refractivity contribution in [3.05, 3.63) is 77.6 Å². The molecule has 0 aliphatic heterocycles. The van der Waals surface area contributed by atoms with Gasteiger partial charge in [0.05, 0.1) is 17.1 Å². The third-order valence-electron chi connectivity index (χ3n) is 4.97. The van der Waals surface area contributed by atoms with Crippen molar-refractivity contribution in [2.45, 2.75) is 36.6 Å². The van der Waals surface area contributed by atoms with Gasteiger partial charge in [-0.05, 0) is 37.1 Å². The van der Waals surface area contributed by atoms with Gasteiger partial charge in [-0.2, -0.15) is 0 Å². The van der Waals surface area contributed by atoms with E-state index in [-0.39, 0.29) is 5.91 Å². The van der Waals surface area contributed by atoms with Gasteiger partial charge in [0.25, 0.3) is 0 Å². The van der Waals surface area contributed by atoms with E-state index in [4.69, 9.17) is 15.1 Å². The number of carbonyl (C=O) groups is 1. The second kappa shape index (κ2) is 8.64. The molecule has 1 aliphatic carbocycles. The summed E-state index contributed by atoms with van der Waals surface area (Å²) in [5, 5.41) is 8.18. The maximum atomic E-state index is 12.2. The molecule has 0 atom stereocenters. The van der Waals surface area contributed by atoms with Crippen molar-refractivity contribution in [2.75, 3.05) is 4.90 Å². The highest BCUT2D eigenvalue weighted by Gasteiger charge is 2.30. The maximum Gasteiger partial charge on any atom is 0.230 e. The van der Waals surface area contributed by atoms with Crippen LogP contribution in [0, 0.1) is 0 Å². The van der Waals surface area contributed by atoms with Crippen LogP contribution < -0.4 is 4.90 Å². The van der Waals surface area contributed by atoms with Crippen molar-refractivity contribution in [3.63, 3.8) is 0 Å². The summed E-state index contributed by atoms with van der Waals surface area (Å²) in [6.07, 6.45) is 2.34. The smallest absolute Gasteiger partial charge is 0.230 e. The lowest BCUT2D eigenvalue weighted by molar-refractivity contribution is -0.115. The summed E-state index contributed by atoms with van der Waals surface area (Å²) in [5.74, 6) is 2.14. The standard InChI is InChI=1S/C23H21N5OS2/c1-16(29)27(19-8-4-2-5-9-19)23-24-18(15-31-23)14-30-22-25-21(17-12-13-17)28(26-22)20-10-6-3-7-11-20/h2-11,15,17H,12-14H2,1H3. The first kappa shape index (κ1) is 20.0. The fourth-order valence-electron chi connectivity index (χ4n) is 3.34. The van der Waals surface area contributed by atoms with E-state index in [1.807, 2.05) is 58.6 Å². The first-order valence-electron chi connectivity index (χ1n) is 10.1. The Morgan fingerprint density at radius 2 is 1.81 bits per heavy atom. The Kier molecular flexibility index (Phi) is 5.57. The zero-order chi connectivity index (χ0) is 21.2. The summed E-state index contributed by atoms with van der Waals surface area (Å²) in [6, 6.07) is 19.8. The lowest BCUT2D eigenvalue weighted by atomic mass is 10.3. The first-order valence-corrected chi connectivity index (χ1v) is 12.0. The molecule has 6 nitrogen and oxygen atoms in total. The number of thiazole rings is 1. The molecule has 31 heavy (non-hydrogen) atoms. The molecule has 1 aliphatic rings. The predicted octanol–water partition coefficient (Wildman–Crippen LogP) is 5.58. The van der Waals surface area contributed by atoms with Crippen LogP contribution in [0.5, 0.6) is 0 Å². The Balaban J connectivity index is 1.33. The second-order valence-corrected chi connectivity index (χ2v) is 9.15. The van der Waals surface area contributed by atoms with Crippen molar-refractivity contribution >= 4 is 39.8 Å². The normalized spacial score (nSPS) is 13.3. The van der Waals surface area contributed by atoms with E-state index in [2.05, 4.69) is 12.1 Å². The number of carbonyl (C=O) groups excluding carboxylic acids is 1. The highest BCUT2D eigenvalue weighted by molar-refractivity contribution is 7.98. The Hall–Kier alpha value is -2.97. The third kappa shape index (κ3) is 4.40. The van der Waals surface area contributed by atoms with Gasteiger partial charge < -0.3 is 0 Å². The molecule has 4 aromatic rings. The minimum atomic E-state index is -0.0582. The van der Waals surface area contributed by atoms with Gasteiger partial charge in [0.15, 0.2) is 5.13 Å². The Morgan fingerprint density at radius 3 is 2.48 bits per heavy atom. The van der Waals surface area contributed by atoms with E-state index in [9.17, 15) is 4.79 Å². The van der Waals surface area contributed by atoms with E-state index < -0.39 is 0 Å². The van der Waals surface area contributed by atoms with Crippen LogP contribution >= 0.6 is 23.1 Å². The molecule has 0 bridgehead atoms. The summed E-state index contributed by atoms with van der Waals surface area (Å²) < 4.78 is 1.97. The van der Waals surface area contributed by atoms with Crippen LogP contribution in [0.25, 0.3) is 5.69 Å². The zero-order valence-corrected chi connectivity index (χ0v) is 18.6. The fourth-order valence-corrected chi connectivity index (χ4v) is 5.05.